The Morgan fingerprint density at radius 1 is 1.13 bits per heavy atom. The molecule has 23 heavy (non-hydrogen) atoms. The number of methoxy groups -OCH3 is 1. The lowest BCUT2D eigenvalue weighted by Gasteiger charge is -2.07. The summed E-state index contributed by atoms with van der Waals surface area (Å²) in [7, 11) is 1.63. The molecule has 3 aromatic rings. The lowest BCUT2D eigenvalue weighted by atomic mass is 10.1. The number of nitrogens with zero attached hydrogens (tertiary/aromatic N) is 3. The molecule has 116 valence electrons. The molecule has 0 fully saturated rings. The highest BCUT2D eigenvalue weighted by Gasteiger charge is 2.08. The maximum absolute atomic E-state index is 10.9. The predicted octanol–water partition coefficient (Wildman–Crippen LogP) is 2.70. The Morgan fingerprint density at radius 3 is 2.43 bits per heavy atom. The highest BCUT2D eigenvalue weighted by Crippen LogP contribution is 2.22. The van der Waals surface area contributed by atoms with Crippen LogP contribution in [0.15, 0.2) is 54.7 Å². The Bertz CT molecular complexity index is 808. The molecule has 0 aliphatic rings. The van der Waals surface area contributed by atoms with Crippen molar-refractivity contribution < 1.29 is 14.6 Å². The second-order valence-corrected chi connectivity index (χ2v) is 5.01. The largest absolute Gasteiger partial charge is 0.497 e. The molecule has 0 unspecified atom stereocenters. The summed E-state index contributed by atoms with van der Waals surface area (Å²) in [5.74, 6) is -0.145. The van der Waals surface area contributed by atoms with E-state index in [9.17, 15) is 4.79 Å². The van der Waals surface area contributed by atoms with E-state index in [1.807, 2.05) is 24.3 Å². The summed E-state index contributed by atoms with van der Waals surface area (Å²) in [6, 6.07) is 14.4. The van der Waals surface area contributed by atoms with Gasteiger partial charge in [-0.3, -0.25) is 0 Å². The lowest BCUT2D eigenvalue weighted by Crippen LogP contribution is -2.05. The molecule has 0 spiro atoms. The fourth-order valence-corrected chi connectivity index (χ4v) is 2.29. The summed E-state index contributed by atoms with van der Waals surface area (Å²) < 4.78 is 6.93. The number of rotatable bonds is 5. The van der Waals surface area contributed by atoms with Gasteiger partial charge in [0.2, 0.25) is 0 Å². The van der Waals surface area contributed by atoms with E-state index in [4.69, 9.17) is 9.84 Å². The molecule has 6 nitrogen and oxygen atoms in total. The lowest BCUT2D eigenvalue weighted by molar-refractivity contribution is 0.0697. The number of carboxylic acid groups (broad SMARTS) is 1. The molecule has 0 aliphatic heterocycles. The fourth-order valence-electron chi connectivity index (χ4n) is 2.29. The minimum atomic E-state index is -0.934. The van der Waals surface area contributed by atoms with Crippen LogP contribution in [0.5, 0.6) is 5.75 Å². The molecule has 3 rings (SSSR count). The summed E-state index contributed by atoms with van der Waals surface area (Å²) in [6.45, 7) is 0.515. The number of hydrogen-bond acceptors (Lipinski definition) is 4. The molecule has 0 amide bonds. The quantitative estimate of drug-likeness (QED) is 0.784. The van der Waals surface area contributed by atoms with E-state index < -0.39 is 5.97 Å². The Labute approximate surface area is 133 Å². The van der Waals surface area contributed by atoms with Crippen LogP contribution in [0.1, 0.15) is 15.9 Å². The van der Waals surface area contributed by atoms with Gasteiger partial charge in [-0.15, -0.1) is 5.10 Å². The molecular weight excluding hydrogens is 294 g/mol. The molecule has 0 saturated heterocycles. The smallest absolute Gasteiger partial charge is 0.335 e. The maximum atomic E-state index is 10.9. The molecule has 2 aromatic carbocycles. The minimum absolute atomic E-state index is 0.266. The van der Waals surface area contributed by atoms with Gasteiger partial charge in [-0.2, -0.15) is 0 Å². The first-order valence-corrected chi connectivity index (χ1v) is 7.02. The summed E-state index contributed by atoms with van der Waals surface area (Å²) >= 11 is 0. The van der Waals surface area contributed by atoms with Gasteiger partial charge in [0.15, 0.2) is 0 Å². The van der Waals surface area contributed by atoms with Crippen LogP contribution in [0.4, 0.5) is 0 Å². The van der Waals surface area contributed by atoms with Crippen molar-refractivity contribution in [2.45, 2.75) is 6.54 Å². The van der Waals surface area contributed by atoms with Gasteiger partial charge in [0.1, 0.15) is 5.75 Å². The predicted molar refractivity (Wildman–Crippen MR) is 84.5 cm³/mol. The molecule has 1 heterocycles. The van der Waals surface area contributed by atoms with E-state index in [0.29, 0.717) is 6.54 Å². The number of carboxylic acids is 1. The van der Waals surface area contributed by atoms with Gasteiger partial charge in [-0.1, -0.05) is 17.3 Å². The zero-order chi connectivity index (χ0) is 16.2. The van der Waals surface area contributed by atoms with Crippen molar-refractivity contribution in [3.63, 3.8) is 0 Å². The van der Waals surface area contributed by atoms with Crippen LogP contribution in [0.2, 0.25) is 0 Å². The highest BCUT2D eigenvalue weighted by molar-refractivity contribution is 5.87. The number of carbonyl (C=O) groups is 1. The third-order valence-corrected chi connectivity index (χ3v) is 3.54. The maximum Gasteiger partial charge on any atom is 0.335 e. The topological polar surface area (TPSA) is 77.2 Å². The molecule has 0 bridgehead atoms. The average Bonchev–Trinajstić information content (AvgIpc) is 3.03. The van der Waals surface area contributed by atoms with E-state index >= 15 is 0 Å². The van der Waals surface area contributed by atoms with E-state index in [1.54, 1.807) is 42.3 Å². The van der Waals surface area contributed by atoms with Crippen molar-refractivity contribution >= 4 is 5.97 Å². The van der Waals surface area contributed by atoms with Gasteiger partial charge in [0, 0.05) is 5.56 Å². The average molecular weight is 309 g/mol. The van der Waals surface area contributed by atoms with Gasteiger partial charge in [-0.05, 0) is 42.0 Å². The van der Waals surface area contributed by atoms with Crippen LogP contribution in [-0.2, 0) is 6.54 Å². The zero-order valence-electron chi connectivity index (χ0n) is 12.5. The van der Waals surface area contributed by atoms with Crippen LogP contribution < -0.4 is 4.74 Å². The van der Waals surface area contributed by atoms with E-state index in [2.05, 4.69) is 10.3 Å². The molecule has 0 aliphatic carbocycles. The van der Waals surface area contributed by atoms with Crippen molar-refractivity contribution in [2.24, 2.45) is 0 Å². The van der Waals surface area contributed by atoms with Crippen molar-refractivity contribution in [1.82, 2.24) is 15.0 Å². The Hall–Kier alpha value is -3.15. The second kappa shape index (κ2) is 6.31. The van der Waals surface area contributed by atoms with E-state index in [0.717, 1.165) is 22.6 Å². The molecular formula is C17H15N3O3. The number of ether oxygens (including phenoxy) is 1. The number of aromatic nitrogens is 3. The summed E-state index contributed by atoms with van der Waals surface area (Å²) in [4.78, 5) is 10.9. The first-order chi connectivity index (χ1) is 11.2. The van der Waals surface area contributed by atoms with E-state index in [-0.39, 0.29) is 5.56 Å². The normalized spacial score (nSPS) is 10.5. The van der Waals surface area contributed by atoms with Gasteiger partial charge < -0.3 is 9.84 Å². The van der Waals surface area contributed by atoms with Crippen LogP contribution in [-0.4, -0.2) is 33.2 Å². The third-order valence-electron chi connectivity index (χ3n) is 3.54. The Balaban J connectivity index is 1.84. The molecule has 0 atom stereocenters. The van der Waals surface area contributed by atoms with Crippen LogP contribution >= 0.6 is 0 Å². The summed E-state index contributed by atoms with van der Waals surface area (Å²) in [5, 5.41) is 17.0. The van der Waals surface area contributed by atoms with Crippen LogP contribution in [0.3, 0.4) is 0 Å². The van der Waals surface area contributed by atoms with Crippen LogP contribution in [0, 0.1) is 0 Å². The Morgan fingerprint density at radius 2 is 1.83 bits per heavy atom. The minimum Gasteiger partial charge on any atom is -0.497 e. The SMILES string of the molecule is COc1ccc(-c2cnnn2Cc2ccc(C(=O)O)cc2)cc1. The Kier molecular flexibility index (Phi) is 4.05. The van der Waals surface area contributed by atoms with E-state index in [1.165, 1.54) is 0 Å². The first-order valence-electron chi connectivity index (χ1n) is 7.02. The molecule has 0 radical (unpaired) electrons. The third kappa shape index (κ3) is 3.21. The fraction of sp³-hybridized carbons (Fsp3) is 0.118. The molecule has 6 heteroatoms. The van der Waals surface area contributed by atoms with Crippen molar-refractivity contribution in [1.29, 1.82) is 0 Å². The van der Waals surface area contributed by atoms with Gasteiger partial charge >= 0.3 is 5.97 Å². The second-order valence-electron chi connectivity index (χ2n) is 5.01. The monoisotopic (exact) mass is 309 g/mol. The van der Waals surface area contributed by atoms with Gasteiger partial charge in [0.25, 0.3) is 0 Å². The zero-order valence-corrected chi connectivity index (χ0v) is 12.5. The van der Waals surface area contributed by atoms with Crippen molar-refractivity contribution in [3.8, 4) is 17.0 Å². The number of hydrogen-bond donors (Lipinski definition) is 1. The van der Waals surface area contributed by atoms with Crippen molar-refractivity contribution in [2.75, 3.05) is 7.11 Å². The van der Waals surface area contributed by atoms with Crippen molar-refractivity contribution in [3.05, 3.63) is 65.9 Å². The highest BCUT2D eigenvalue weighted by atomic mass is 16.5. The van der Waals surface area contributed by atoms with Gasteiger partial charge in [-0.25, -0.2) is 9.48 Å². The van der Waals surface area contributed by atoms with Gasteiger partial charge in [0.05, 0.1) is 31.1 Å². The first kappa shape index (κ1) is 14.8. The summed E-state index contributed by atoms with van der Waals surface area (Å²) in [5.41, 5.74) is 3.09. The molecule has 0 saturated carbocycles. The number of aromatic carboxylic acids is 1. The molecule has 1 aromatic heterocycles. The standard InChI is InChI=1S/C17H15N3O3/c1-23-15-8-6-13(7-9-15)16-10-18-19-20(16)11-12-2-4-14(5-3-12)17(21)22/h2-10H,11H2,1H3,(H,21,22). The number of benzene rings is 2. The van der Waals surface area contributed by atoms with Crippen LogP contribution in [0.25, 0.3) is 11.3 Å². The summed E-state index contributed by atoms with van der Waals surface area (Å²) in [6.07, 6.45) is 1.70. The molecule has 1 N–H and O–H groups in total.